The Labute approximate surface area is 202 Å². The first-order valence-electron chi connectivity index (χ1n) is 11.3. The number of benzene rings is 3. The topological polar surface area (TPSA) is 78.5 Å². The zero-order valence-corrected chi connectivity index (χ0v) is 19.3. The van der Waals surface area contributed by atoms with Crippen molar-refractivity contribution in [2.24, 2.45) is 0 Å². The molecule has 6 nitrogen and oxygen atoms in total. The van der Waals surface area contributed by atoms with Crippen LogP contribution in [0.4, 0.5) is 17.1 Å². The lowest BCUT2D eigenvalue weighted by atomic mass is 9.78. The van der Waals surface area contributed by atoms with Gasteiger partial charge in [0, 0.05) is 16.3 Å². The van der Waals surface area contributed by atoms with Crippen molar-refractivity contribution in [2.75, 3.05) is 22.1 Å². The van der Waals surface area contributed by atoms with Crippen LogP contribution in [0.3, 0.4) is 0 Å². The molecular formula is C27H24ClN3O3. The van der Waals surface area contributed by atoms with E-state index >= 15 is 0 Å². The highest BCUT2D eigenvalue weighted by Gasteiger charge is 2.42. The molecule has 0 saturated heterocycles. The molecule has 0 spiro atoms. The highest BCUT2D eigenvalue weighted by Crippen LogP contribution is 2.42. The fourth-order valence-electron chi connectivity index (χ4n) is 4.93. The first kappa shape index (κ1) is 22.2. The SMILES string of the molecule is O=C1CN(C(=O)c2ccc(NC(=O)C3(c4cccc(Cl)c4)CCCC3)cc2)c2ccccc2N1. The number of nitrogens with one attached hydrogen (secondary N) is 2. The molecule has 0 bridgehead atoms. The lowest BCUT2D eigenvalue weighted by molar-refractivity contribution is -0.121. The Hall–Kier alpha value is -3.64. The highest BCUT2D eigenvalue weighted by atomic mass is 35.5. The number of carbonyl (C=O) groups is 3. The van der Waals surface area contributed by atoms with Crippen molar-refractivity contribution in [1.29, 1.82) is 0 Å². The van der Waals surface area contributed by atoms with Crippen LogP contribution in [0, 0.1) is 0 Å². The fraction of sp³-hybridized carbons (Fsp3) is 0.222. The summed E-state index contributed by atoms with van der Waals surface area (Å²) in [6.07, 6.45) is 3.51. The maximum absolute atomic E-state index is 13.4. The van der Waals surface area contributed by atoms with Gasteiger partial charge >= 0.3 is 0 Å². The van der Waals surface area contributed by atoms with Gasteiger partial charge in [0.2, 0.25) is 11.8 Å². The second kappa shape index (κ2) is 8.95. The predicted octanol–water partition coefficient (Wildman–Crippen LogP) is 5.39. The first-order chi connectivity index (χ1) is 16.5. The molecule has 0 aromatic heterocycles. The van der Waals surface area contributed by atoms with E-state index in [2.05, 4.69) is 10.6 Å². The van der Waals surface area contributed by atoms with Crippen LogP contribution in [0.2, 0.25) is 5.02 Å². The summed E-state index contributed by atoms with van der Waals surface area (Å²) in [5.74, 6) is -0.571. The predicted molar refractivity (Wildman–Crippen MR) is 133 cm³/mol. The Morgan fingerprint density at radius 3 is 2.41 bits per heavy atom. The zero-order valence-electron chi connectivity index (χ0n) is 18.5. The quantitative estimate of drug-likeness (QED) is 0.533. The van der Waals surface area contributed by atoms with E-state index in [1.54, 1.807) is 36.4 Å². The molecule has 3 aromatic rings. The van der Waals surface area contributed by atoms with Gasteiger partial charge in [-0.1, -0.05) is 48.7 Å². The van der Waals surface area contributed by atoms with E-state index in [0.29, 0.717) is 27.6 Å². The van der Waals surface area contributed by atoms with Gasteiger partial charge in [0.15, 0.2) is 0 Å². The van der Waals surface area contributed by atoms with Crippen LogP contribution in [0.5, 0.6) is 0 Å². The van der Waals surface area contributed by atoms with Gasteiger partial charge < -0.3 is 10.6 Å². The van der Waals surface area contributed by atoms with Gasteiger partial charge in [-0.2, -0.15) is 0 Å². The smallest absolute Gasteiger partial charge is 0.258 e. The average Bonchev–Trinajstić information content (AvgIpc) is 3.35. The lowest BCUT2D eigenvalue weighted by Crippen LogP contribution is -2.42. The second-order valence-corrected chi connectivity index (χ2v) is 9.22. The van der Waals surface area contributed by atoms with Crippen molar-refractivity contribution in [3.63, 3.8) is 0 Å². The van der Waals surface area contributed by atoms with Crippen molar-refractivity contribution in [1.82, 2.24) is 0 Å². The number of amides is 3. The number of anilines is 3. The average molecular weight is 474 g/mol. The third kappa shape index (κ3) is 4.05. The molecule has 0 unspecified atom stereocenters. The minimum Gasteiger partial charge on any atom is -0.325 e. The van der Waals surface area contributed by atoms with Crippen molar-refractivity contribution < 1.29 is 14.4 Å². The Kier molecular flexibility index (Phi) is 5.84. The first-order valence-corrected chi connectivity index (χ1v) is 11.7. The monoisotopic (exact) mass is 473 g/mol. The maximum Gasteiger partial charge on any atom is 0.258 e. The van der Waals surface area contributed by atoms with Crippen LogP contribution in [0.1, 0.15) is 41.6 Å². The molecule has 0 radical (unpaired) electrons. The number of para-hydroxylation sites is 2. The van der Waals surface area contributed by atoms with Gasteiger partial charge in [-0.15, -0.1) is 0 Å². The molecule has 2 N–H and O–H groups in total. The van der Waals surface area contributed by atoms with Gasteiger partial charge in [0.05, 0.1) is 16.8 Å². The molecule has 5 rings (SSSR count). The zero-order chi connectivity index (χ0) is 23.7. The minimum absolute atomic E-state index is 0.0451. The molecule has 1 saturated carbocycles. The van der Waals surface area contributed by atoms with Crippen LogP contribution in [-0.2, 0) is 15.0 Å². The second-order valence-electron chi connectivity index (χ2n) is 8.79. The fourth-order valence-corrected chi connectivity index (χ4v) is 5.12. The summed E-state index contributed by atoms with van der Waals surface area (Å²) in [4.78, 5) is 40.1. The van der Waals surface area contributed by atoms with E-state index in [4.69, 9.17) is 11.6 Å². The number of rotatable bonds is 4. The lowest BCUT2D eigenvalue weighted by Gasteiger charge is -2.29. The number of fused-ring (bicyclic) bond motifs is 1. The molecule has 3 amide bonds. The van der Waals surface area contributed by atoms with E-state index in [0.717, 1.165) is 31.2 Å². The molecule has 172 valence electrons. The maximum atomic E-state index is 13.4. The van der Waals surface area contributed by atoms with Gasteiger partial charge in [-0.05, 0) is 66.9 Å². The summed E-state index contributed by atoms with van der Waals surface area (Å²) in [5.41, 5.74) is 2.65. The molecule has 7 heteroatoms. The van der Waals surface area contributed by atoms with Crippen LogP contribution < -0.4 is 15.5 Å². The molecule has 2 aliphatic rings. The Morgan fingerprint density at radius 1 is 0.941 bits per heavy atom. The van der Waals surface area contributed by atoms with E-state index in [1.807, 2.05) is 36.4 Å². The molecule has 1 fully saturated rings. The summed E-state index contributed by atoms with van der Waals surface area (Å²) >= 11 is 6.21. The molecule has 1 aliphatic heterocycles. The van der Waals surface area contributed by atoms with Gasteiger partial charge in [-0.25, -0.2) is 0 Å². The molecule has 0 atom stereocenters. The van der Waals surface area contributed by atoms with Crippen LogP contribution in [-0.4, -0.2) is 24.3 Å². The van der Waals surface area contributed by atoms with Crippen molar-refractivity contribution in [3.05, 3.63) is 88.9 Å². The van der Waals surface area contributed by atoms with E-state index in [-0.39, 0.29) is 24.3 Å². The largest absolute Gasteiger partial charge is 0.325 e. The summed E-state index contributed by atoms with van der Waals surface area (Å²) in [7, 11) is 0. The normalized spacial score (nSPS) is 16.5. The van der Waals surface area contributed by atoms with E-state index < -0.39 is 5.41 Å². The molecular weight excluding hydrogens is 450 g/mol. The number of carbonyl (C=O) groups excluding carboxylic acids is 3. The molecule has 3 aromatic carbocycles. The molecule has 1 heterocycles. The summed E-state index contributed by atoms with van der Waals surface area (Å²) < 4.78 is 0. The van der Waals surface area contributed by atoms with Crippen molar-refractivity contribution in [2.45, 2.75) is 31.1 Å². The molecule has 1 aliphatic carbocycles. The Balaban J connectivity index is 1.35. The van der Waals surface area contributed by atoms with Gasteiger partial charge in [0.25, 0.3) is 5.91 Å². The van der Waals surface area contributed by atoms with E-state index in [1.165, 1.54) is 4.90 Å². The number of hydrogen-bond acceptors (Lipinski definition) is 3. The van der Waals surface area contributed by atoms with Crippen molar-refractivity contribution >= 4 is 46.4 Å². The third-order valence-corrected chi connectivity index (χ3v) is 6.91. The van der Waals surface area contributed by atoms with Crippen molar-refractivity contribution in [3.8, 4) is 0 Å². The van der Waals surface area contributed by atoms with Crippen LogP contribution >= 0.6 is 11.6 Å². The Morgan fingerprint density at radius 2 is 1.68 bits per heavy atom. The van der Waals surface area contributed by atoms with E-state index in [9.17, 15) is 14.4 Å². The highest BCUT2D eigenvalue weighted by molar-refractivity contribution is 6.30. The van der Waals surface area contributed by atoms with Crippen LogP contribution in [0.25, 0.3) is 0 Å². The number of halogens is 1. The number of nitrogens with zero attached hydrogens (tertiary/aromatic N) is 1. The Bertz CT molecular complexity index is 1270. The van der Waals surface area contributed by atoms with Crippen LogP contribution in [0.15, 0.2) is 72.8 Å². The number of hydrogen-bond donors (Lipinski definition) is 2. The van der Waals surface area contributed by atoms with Gasteiger partial charge in [-0.3, -0.25) is 19.3 Å². The minimum atomic E-state index is -0.607. The summed E-state index contributed by atoms with van der Waals surface area (Å²) in [5, 5.41) is 6.44. The third-order valence-electron chi connectivity index (χ3n) is 6.67. The molecule has 34 heavy (non-hydrogen) atoms. The summed E-state index contributed by atoms with van der Waals surface area (Å²) in [6, 6.07) is 21.5. The standard InChI is InChI=1S/C27H24ClN3O3/c28-20-7-5-6-19(16-20)27(14-3-4-15-27)26(34)29-21-12-10-18(11-13-21)25(33)31-17-24(32)30-22-8-1-2-9-23(22)31/h1-2,5-13,16H,3-4,14-15,17H2,(H,29,34)(H,30,32). The summed E-state index contributed by atoms with van der Waals surface area (Å²) in [6.45, 7) is -0.0451. The van der Waals surface area contributed by atoms with Gasteiger partial charge in [0.1, 0.15) is 6.54 Å².